The molecule has 0 aliphatic carbocycles. The van der Waals surface area contributed by atoms with E-state index in [-0.39, 0.29) is 35.8 Å². The fourth-order valence-electron chi connectivity index (χ4n) is 4.15. The Morgan fingerprint density at radius 1 is 1.24 bits per heavy atom. The van der Waals surface area contributed by atoms with E-state index in [1.807, 2.05) is 0 Å². The predicted octanol–water partition coefficient (Wildman–Crippen LogP) is 2.63. The van der Waals surface area contributed by atoms with Crippen molar-refractivity contribution in [2.45, 2.75) is 31.0 Å². The van der Waals surface area contributed by atoms with Crippen molar-refractivity contribution in [2.75, 3.05) is 32.8 Å². The summed E-state index contributed by atoms with van der Waals surface area (Å²) in [6.07, 6.45) is -2.63. The van der Waals surface area contributed by atoms with Gasteiger partial charge in [-0.25, -0.2) is 9.18 Å². The molecule has 3 heterocycles. The maximum atomic E-state index is 13.8. The number of halogens is 4. The summed E-state index contributed by atoms with van der Waals surface area (Å²) in [5, 5.41) is 2.98. The van der Waals surface area contributed by atoms with Crippen LogP contribution in [0.4, 0.5) is 22.4 Å². The van der Waals surface area contributed by atoms with E-state index in [9.17, 15) is 27.2 Å². The highest BCUT2D eigenvalue weighted by atomic mass is 19.4. The molecular weight excluding hydrogens is 394 g/mol. The van der Waals surface area contributed by atoms with Gasteiger partial charge in [0, 0.05) is 38.5 Å². The number of benzene rings is 1. The second-order valence-corrected chi connectivity index (χ2v) is 8.01. The van der Waals surface area contributed by atoms with E-state index in [1.54, 1.807) is 9.80 Å². The normalized spacial score (nSPS) is 24.8. The number of carbonyl (C=O) groups excluding carboxylic acids is 2. The van der Waals surface area contributed by atoms with Crippen LogP contribution in [0.2, 0.25) is 0 Å². The third kappa shape index (κ3) is 3.97. The number of nitrogens with one attached hydrogen (secondary N) is 1. The van der Waals surface area contributed by atoms with E-state index in [4.69, 9.17) is 4.74 Å². The molecule has 1 atom stereocenters. The molecule has 29 heavy (non-hydrogen) atoms. The molecule has 3 fully saturated rings. The van der Waals surface area contributed by atoms with E-state index in [1.165, 1.54) is 0 Å². The van der Waals surface area contributed by atoms with Crippen LogP contribution in [0.25, 0.3) is 0 Å². The van der Waals surface area contributed by atoms with Crippen molar-refractivity contribution >= 4 is 11.9 Å². The highest BCUT2D eigenvalue weighted by Gasteiger charge is 2.46. The molecule has 158 valence electrons. The van der Waals surface area contributed by atoms with Gasteiger partial charge in [-0.1, -0.05) is 0 Å². The van der Waals surface area contributed by atoms with Gasteiger partial charge in [-0.05, 0) is 31.0 Å². The minimum absolute atomic E-state index is 0.0108. The van der Waals surface area contributed by atoms with E-state index in [2.05, 4.69) is 5.32 Å². The molecule has 0 aromatic heterocycles. The van der Waals surface area contributed by atoms with Crippen molar-refractivity contribution in [3.63, 3.8) is 0 Å². The zero-order valence-electron chi connectivity index (χ0n) is 15.6. The number of likely N-dealkylation sites (tertiary alicyclic amines) is 2. The smallest absolute Gasteiger partial charge is 0.416 e. The molecule has 1 spiro atoms. The Bertz CT molecular complexity index is 825. The van der Waals surface area contributed by atoms with Gasteiger partial charge in [0.1, 0.15) is 0 Å². The zero-order valence-corrected chi connectivity index (χ0v) is 15.6. The first kappa shape index (κ1) is 19.8. The summed E-state index contributed by atoms with van der Waals surface area (Å²) < 4.78 is 56.8. The van der Waals surface area contributed by atoms with Crippen LogP contribution in [0, 0.1) is 11.7 Å². The summed E-state index contributed by atoms with van der Waals surface area (Å²) in [5.74, 6) is -1.28. The van der Waals surface area contributed by atoms with Crippen LogP contribution in [0.15, 0.2) is 18.2 Å². The van der Waals surface area contributed by atoms with Crippen molar-refractivity contribution in [1.82, 2.24) is 15.1 Å². The number of ether oxygens (including phenoxy) is 1. The van der Waals surface area contributed by atoms with Crippen LogP contribution >= 0.6 is 0 Å². The molecule has 3 aliphatic heterocycles. The van der Waals surface area contributed by atoms with Gasteiger partial charge in [0.15, 0.2) is 11.6 Å². The van der Waals surface area contributed by atoms with Crippen LogP contribution < -0.4 is 10.1 Å². The summed E-state index contributed by atoms with van der Waals surface area (Å²) in [4.78, 5) is 27.5. The van der Waals surface area contributed by atoms with Gasteiger partial charge in [0.25, 0.3) is 0 Å². The summed E-state index contributed by atoms with van der Waals surface area (Å²) >= 11 is 0. The molecule has 1 N–H and O–H groups in total. The van der Waals surface area contributed by atoms with E-state index in [0.29, 0.717) is 38.7 Å². The number of nitrogens with zero attached hydrogens (tertiary/aromatic N) is 2. The second-order valence-electron chi connectivity index (χ2n) is 8.01. The molecule has 1 aromatic rings. The average molecular weight is 415 g/mol. The first-order valence-corrected chi connectivity index (χ1v) is 9.50. The van der Waals surface area contributed by atoms with Crippen LogP contribution in [-0.2, 0) is 11.0 Å². The number of urea groups is 1. The Kier molecular flexibility index (Phi) is 4.82. The Balaban J connectivity index is 1.24. The second kappa shape index (κ2) is 7.07. The van der Waals surface area contributed by atoms with E-state index >= 15 is 0 Å². The molecule has 3 saturated heterocycles. The first-order chi connectivity index (χ1) is 13.7. The first-order valence-electron chi connectivity index (χ1n) is 9.50. The highest BCUT2D eigenvalue weighted by molar-refractivity contribution is 5.80. The molecule has 0 radical (unpaired) electrons. The van der Waals surface area contributed by atoms with Gasteiger partial charge in [0.2, 0.25) is 5.91 Å². The molecule has 6 nitrogen and oxygen atoms in total. The third-order valence-electron chi connectivity index (χ3n) is 5.82. The summed E-state index contributed by atoms with van der Waals surface area (Å²) in [7, 11) is 0. The Morgan fingerprint density at radius 2 is 2.00 bits per heavy atom. The molecule has 4 rings (SSSR count). The Labute approximate surface area is 164 Å². The maximum Gasteiger partial charge on any atom is 0.416 e. The van der Waals surface area contributed by atoms with Crippen molar-refractivity contribution in [1.29, 1.82) is 0 Å². The van der Waals surface area contributed by atoms with Crippen LogP contribution in [0.5, 0.6) is 5.75 Å². The number of amides is 3. The van der Waals surface area contributed by atoms with Crippen molar-refractivity contribution < 1.29 is 31.9 Å². The number of rotatable bonds is 3. The molecule has 10 heteroatoms. The molecule has 0 bridgehead atoms. The molecular formula is C19H21F4N3O3. The highest BCUT2D eigenvalue weighted by Crippen LogP contribution is 2.33. The number of hydrogen-bond acceptors (Lipinski definition) is 3. The lowest BCUT2D eigenvalue weighted by Gasteiger charge is -2.41. The lowest BCUT2D eigenvalue weighted by atomic mass is 9.97. The SMILES string of the molecule is O=C1CCC2(CCN(C(=O)N3CC(COc4ccc(C(F)(F)F)cc4F)C3)C2)N1. The van der Waals surface area contributed by atoms with Gasteiger partial charge in [-0.2, -0.15) is 13.2 Å². The van der Waals surface area contributed by atoms with Gasteiger partial charge in [0.05, 0.1) is 17.7 Å². The fraction of sp³-hybridized carbons (Fsp3) is 0.579. The van der Waals surface area contributed by atoms with Gasteiger partial charge >= 0.3 is 12.2 Å². The van der Waals surface area contributed by atoms with Crippen molar-refractivity contribution in [3.8, 4) is 5.75 Å². The van der Waals surface area contributed by atoms with Crippen LogP contribution in [-0.4, -0.2) is 60.1 Å². The van der Waals surface area contributed by atoms with E-state index < -0.39 is 17.6 Å². The maximum absolute atomic E-state index is 13.8. The van der Waals surface area contributed by atoms with Gasteiger partial charge < -0.3 is 19.9 Å². The standard InChI is InChI=1S/C19H21F4N3O3/c20-14-7-13(19(21,22)23)1-2-15(14)29-10-12-8-26(9-12)17(28)25-6-5-18(11-25)4-3-16(27)24-18/h1-2,7,12H,3-6,8-11H2,(H,24,27). The average Bonchev–Trinajstić information content (AvgIpc) is 3.19. The Morgan fingerprint density at radius 3 is 2.62 bits per heavy atom. The number of hydrogen-bond donors (Lipinski definition) is 1. The lowest BCUT2D eigenvalue weighted by Crippen LogP contribution is -2.56. The summed E-state index contributed by atoms with van der Waals surface area (Å²) in [6, 6.07) is 2.07. The fourth-order valence-corrected chi connectivity index (χ4v) is 4.15. The van der Waals surface area contributed by atoms with E-state index in [0.717, 1.165) is 25.0 Å². The van der Waals surface area contributed by atoms with Crippen molar-refractivity contribution in [2.24, 2.45) is 5.92 Å². The lowest BCUT2D eigenvalue weighted by molar-refractivity contribution is -0.137. The summed E-state index contributed by atoms with van der Waals surface area (Å²) in [6.45, 7) is 2.10. The van der Waals surface area contributed by atoms with Gasteiger partial charge in [-0.3, -0.25) is 4.79 Å². The number of carbonyl (C=O) groups is 2. The molecule has 1 unspecified atom stereocenters. The summed E-state index contributed by atoms with van der Waals surface area (Å²) in [5.41, 5.74) is -1.36. The largest absolute Gasteiger partial charge is 0.490 e. The predicted molar refractivity (Wildman–Crippen MR) is 93.7 cm³/mol. The Hall–Kier alpha value is -2.52. The molecule has 1 aromatic carbocycles. The minimum Gasteiger partial charge on any atom is -0.490 e. The number of alkyl halides is 3. The zero-order chi connectivity index (χ0) is 20.8. The topological polar surface area (TPSA) is 61.9 Å². The quantitative estimate of drug-likeness (QED) is 0.773. The van der Waals surface area contributed by atoms with Crippen LogP contribution in [0.1, 0.15) is 24.8 Å². The molecule has 3 amide bonds. The molecule has 0 saturated carbocycles. The van der Waals surface area contributed by atoms with Crippen LogP contribution in [0.3, 0.4) is 0 Å². The van der Waals surface area contributed by atoms with Gasteiger partial charge in [-0.15, -0.1) is 0 Å². The minimum atomic E-state index is -4.61. The molecule has 3 aliphatic rings. The monoisotopic (exact) mass is 415 g/mol. The third-order valence-corrected chi connectivity index (χ3v) is 5.82. The van der Waals surface area contributed by atoms with Crippen molar-refractivity contribution in [3.05, 3.63) is 29.6 Å².